The lowest BCUT2D eigenvalue weighted by atomic mass is 10.0. The predicted octanol–water partition coefficient (Wildman–Crippen LogP) is 6.35. The molecule has 176 valence electrons. The summed E-state index contributed by atoms with van der Waals surface area (Å²) in [4.78, 5) is 24.4. The summed E-state index contributed by atoms with van der Waals surface area (Å²) in [6, 6.07) is 10.6. The minimum atomic E-state index is -1.15. The molecule has 10 heteroatoms. The largest absolute Gasteiger partial charge is 0.361 e. The molecule has 0 aliphatic carbocycles. The molecule has 0 radical (unpaired) electrons. The van der Waals surface area contributed by atoms with Crippen LogP contribution in [0.2, 0.25) is 30.7 Å². The summed E-state index contributed by atoms with van der Waals surface area (Å²) in [5, 5.41) is 0.306. The number of rotatable bonds is 7. The second-order valence-electron chi connectivity index (χ2n) is 9.54. The minimum absolute atomic E-state index is 0.260. The van der Waals surface area contributed by atoms with Gasteiger partial charge in [0.15, 0.2) is 0 Å². The number of thiazole rings is 1. The monoisotopic (exact) mass is 514 g/mol. The number of halogens is 2. The number of hydrogen-bond donors (Lipinski definition) is 0. The van der Waals surface area contributed by atoms with Crippen molar-refractivity contribution in [1.29, 1.82) is 0 Å². The lowest BCUT2D eigenvalue weighted by Crippen LogP contribution is -2.29. The van der Waals surface area contributed by atoms with Crippen LogP contribution in [0.25, 0.3) is 11.0 Å². The first-order chi connectivity index (χ1) is 16.2. The molecule has 0 saturated carbocycles. The SMILES string of the molecule is C[Si](C)(C)CCOCn1cnc2cc(N3C(=O)c4ncsc4C3c3ccc(Cl)cc3F)ccc21. The molecular formula is C24H24ClFN4O2SSi. The van der Waals surface area contributed by atoms with Gasteiger partial charge in [0.25, 0.3) is 5.91 Å². The Balaban J connectivity index is 1.46. The Bertz CT molecular complexity index is 1380. The normalized spacial score (nSPS) is 16.0. The van der Waals surface area contributed by atoms with Gasteiger partial charge in [-0.1, -0.05) is 37.3 Å². The van der Waals surface area contributed by atoms with Gasteiger partial charge in [0.05, 0.1) is 27.7 Å². The van der Waals surface area contributed by atoms with Crippen LogP contribution in [0, 0.1) is 5.82 Å². The Morgan fingerprint density at radius 3 is 2.76 bits per heavy atom. The van der Waals surface area contributed by atoms with E-state index in [2.05, 4.69) is 29.6 Å². The molecule has 5 rings (SSSR count). The molecule has 6 nitrogen and oxygen atoms in total. The number of imidazole rings is 1. The van der Waals surface area contributed by atoms with Crippen molar-refractivity contribution in [1.82, 2.24) is 14.5 Å². The second-order valence-corrected chi connectivity index (χ2v) is 16.5. The molecule has 1 amide bonds. The van der Waals surface area contributed by atoms with E-state index in [-0.39, 0.29) is 5.91 Å². The highest BCUT2D eigenvalue weighted by Gasteiger charge is 2.42. The fraction of sp³-hybridized carbons (Fsp3) is 0.292. The van der Waals surface area contributed by atoms with E-state index in [4.69, 9.17) is 16.3 Å². The molecule has 0 bridgehead atoms. The molecule has 2 aromatic carbocycles. The molecule has 3 heterocycles. The summed E-state index contributed by atoms with van der Waals surface area (Å²) >= 11 is 7.31. The molecule has 34 heavy (non-hydrogen) atoms. The quantitative estimate of drug-likeness (QED) is 0.213. The van der Waals surface area contributed by atoms with E-state index in [1.807, 2.05) is 22.8 Å². The molecule has 1 aliphatic rings. The number of aromatic nitrogens is 3. The van der Waals surface area contributed by atoms with Crippen molar-refractivity contribution >= 4 is 53.6 Å². The Labute approximate surface area is 207 Å². The van der Waals surface area contributed by atoms with Crippen molar-refractivity contribution in [3.05, 3.63) is 75.2 Å². The Kier molecular flexibility index (Phi) is 6.05. The van der Waals surface area contributed by atoms with Crippen LogP contribution in [0.15, 0.2) is 48.2 Å². The average molecular weight is 515 g/mol. The van der Waals surface area contributed by atoms with Crippen LogP contribution in [0.1, 0.15) is 27.0 Å². The first-order valence-corrected chi connectivity index (χ1v) is 15.9. The van der Waals surface area contributed by atoms with E-state index in [1.165, 1.54) is 17.4 Å². The van der Waals surface area contributed by atoms with Crippen LogP contribution >= 0.6 is 22.9 Å². The fourth-order valence-electron chi connectivity index (χ4n) is 4.07. The second kappa shape index (κ2) is 8.88. The zero-order valence-corrected chi connectivity index (χ0v) is 21.7. The van der Waals surface area contributed by atoms with Crippen LogP contribution < -0.4 is 4.90 Å². The first-order valence-electron chi connectivity index (χ1n) is 11.0. The number of ether oxygens (including phenoxy) is 1. The highest BCUT2D eigenvalue weighted by atomic mass is 35.5. The molecule has 1 atom stereocenters. The Morgan fingerprint density at radius 2 is 2.00 bits per heavy atom. The van der Waals surface area contributed by atoms with Crippen LogP contribution in [0.4, 0.5) is 10.1 Å². The van der Waals surface area contributed by atoms with Gasteiger partial charge in [-0.2, -0.15) is 0 Å². The summed E-state index contributed by atoms with van der Waals surface area (Å²) < 4.78 is 22.8. The van der Waals surface area contributed by atoms with Crippen molar-refractivity contribution in [2.24, 2.45) is 0 Å². The molecule has 0 saturated heterocycles. The van der Waals surface area contributed by atoms with Gasteiger partial charge in [0.1, 0.15) is 24.3 Å². The number of hydrogen-bond acceptors (Lipinski definition) is 5. The lowest BCUT2D eigenvalue weighted by molar-refractivity contribution is 0.0898. The van der Waals surface area contributed by atoms with E-state index in [9.17, 15) is 9.18 Å². The van der Waals surface area contributed by atoms with Gasteiger partial charge >= 0.3 is 0 Å². The van der Waals surface area contributed by atoms with Crippen molar-refractivity contribution < 1.29 is 13.9 Å². The predicted molar refractivity (Wildman–Crippen MR) is 136 cm³/mol. The molecular weight excluding hydrogens is 491 g/mol. The van der Waals surface area contributed by atoms with Gasteiger partial charge in [-0.15, -0.1) is 11.3 Å². The summed E-state index contributed by atoms with van der Waals surface area (Å²) in [7, 11) is -1.15. The summed E-state index contributed by atoms with van der Waals surface area (Å²) in [6.45, 7) is 8.11. The third-order valence-corrected chi connectivity index (χ3v) is 8.71. The number of anilines is 1. The van der Waals surface area contributed by atoms with Gasteiger partial charge in [0, 0.05) is 31.0 Å². The average Bonchev–Trinajstić information content (AvgIpc) is 3.47. The number of carbonyl (C=O) groups is 1. The van der Waals surface area contributed by atoms with Crippen LogP contribution in [0.3, 0.4) is 0 Å². The highest BCUT2D eigenvalue weighted by Crippen LogP contribution is 2.44. The maximum atomic E-state index is 14.9. The number of nitrogens with zero attached hydrogens (tertiary/aromatic N) is 4. The van der Waals surface area contributed by atoms with Gasteiger partial charge in [-0.3, -0.25) is 9.69 Å². The molecule has 0 fully saturated rings. The number of carbonyl (C=O) groups excluding carboxylic acids is 1. The summed E-state index contributed by atoms with van der Waals surface area (Å²) in [5.41, 5.74) is 4.62. The standard InChI is InChI=1S/C24H24ClFN4O2SSi/c1-34(2,3)9-8-32-14-29-12-27-19-11-16(5-7-20(19)29)30-22(17-6-4-15(25)10-18(17)26)23-21(24(30)31)28-13-33-23/h4-7,10-13,22H,8-9,14H2,1-3H3. The maximum Gasteiger partial charge on any atom is 0.279 e. The van der Waals surface area contributed by atoms with Crippen molar-refractivity contribution in [3.63, 3.8) is 0 Å². The summed E-state index contributed by atoms with van der Waals surface area (Å²) in [5.74, 6) is -0.721. The van der Waals surface area contributed by atoms with E-state index < -0.39 is 19.9 Å². The molecule has 2 aromatic heterocycles. The third kappa shape index (κ3) is 4.29. The maximum absolute atomic E-state index is 14.9. The van der Waals surface area contributed by atoms with E-state index >= 15 is 0 Å². The van der Waals surface area contributed by atoms with Gasteiger partial charge < -0.3 is 9.30 Å². The molecule has 1 aliphatic heterocycles. The third-order valence-electron chi connectivity index (χ3n) is 5.89. The number of fused-ring (bicyclic) bond motifs is 2. The zero-order valence-electron chi connectivity index (χ0n) is 19.1. The number of amides is 1. The van der Waals surface area contributed by atoms with Gasteiger partial charge in [-0.05, 0) is 36.4 Å². The van der Waals surface area contributed by atoms with Crippen LogP contribution in [-0.4, -0.2) is 35.1 Å². The van der Waals surface area contributed by atoms with Gasteiger partial charge in [-0.25, -0.2) is 14.4 Å². The van der Waals surface area contributed by atoms with Gasteiger partial charge in [0.2, 0.25) is 0 Å². The number of benzene rings is 2. The fourth-order valence-corrected chi connectivity index (χ4v) is 5.87. The van der Waals surface area contributed by atoms with E-state index in [0.29, 0.717) is 33.6 Å². The van der Waals surface area contributed by atoms with Crippen LogP contribution in [-0.2, 0) is 11.5 Å². The van der Waals surface area contributed by atoms with Crippen molar-refractivity contribution in [2.75, 3.05) is 11.5 Å². The lowest BCUT2D eigenvalue weighted by Gasteiger charge is -2.26. The molecule has 4 aromatic rings. The zero-order chi connectivity index (χ0) is 24.0. The topological polar surface area (TPSA) is 60.2 Å². The van der Waals surface area contributed by atoms with Crippen molar-refractivity contribution in [2.45, 2.75) is 38.5 Å². The smallest absolute Gasteiger partial charge is 0.279 e. The van der Waals surface area contributed by atoms with E-state index in [0.717, 1.165) is 23.7 Å². The Morgan fingerprint density at radius 1 is 1.18 bits per heavy atom. The molecule has 0 spiro atoms. The molecule has 1 unspecified atom stereocenters. The molecule has 0 N–H and O–H groups in total. The highest BCUT2D eigenvalue weighted by molar-refractivity contribution is 7.10. The van der Waals surface area contributed by atoms with E-state index in [1.54, 1.807) is 28.9 Å². The van der Waals surface area contributed by atoms with Crippen LogP contribution in [0.5, 0.6) is 0 Å². The van der Waals surface area contributed by atoms with Crippen molar-refractivity contribution in [3.8, 4) is 0 Å². The minimum Gasteiger partial charge on any atom is -0.361 e. The Hall–Kier alpha value is -2.59. The first kappa shape index (κ1) is 23.2. The summed E-state index contributed by atoms with van der Waals surface area (Å²) in [6.07, 6.45) is 1.74.